The summed E-state index contributed by atoms with van der Waals surface area (Å²) in [6.45, 7) is 8.89. The maximum Gasteiger partial charge on any atom is 0.240 e. The molecule has 1 fully saturated rings. The van der Waals surface area contributed by atoms with Gasteiger partial charge in [-0.3, -0.25) is 0 Å². The van der Waals surface area contributed by atoms with Crippen LogP contribution in [0.1, 0.15) is 61.2 Å². The van der Waals surface area contributed by atoms with Crippen LogP contribution >= 0.6 is 0 Å². The van der Waals surface area contributed by atoms with E-state index in [-0.39, 0.29) is 0 Å². The number of aromatic nitrogens is 1. The number of sulfonamides is 1. The summed E-state index contributed by atoms with van der Waals surface area (Å²) in [5.74, 6) is 0.395. The van der Waals surface area contributed by atoms with Gasteiger partial charge in [-0.05, 0) is 68.4 Å². The summed E-state index contributed by atoms with van der Waals surface area (Å²) in [6, 6.07) is 10.0. The van der Waals surface area contributed by atoms with E-state index in [1.807, 2.05) is 12.1 Å². The minimum absolute atomic E-state index is 0.334. The van der Waals surface area contributed by atoms with Gasteiger partial charge in [0, 0.05) is 24.0 Å². The van der Waals surface area contributed by atoms with Crippen molar-refractivity contribution in [2.24, 2.45) is 0 Å². The summed E-state index contributed by atoms with van der Waals surface area (Å²) < 4.78 is 30.1. The van der Waals surface area contributed by atoms with Crippen molar-refractivity contribution < 1.29 is 8.42 Å². The van der Waals surface area contributed by atoms with E-state index >= 15 is 0 Å². The molecule has 5 heteroatoms. The van der Waals surface area contributed by atoms with Crippen LogP contribution in [-0.2, 0) is 16.4 Å². The van der Waals surface area contributed by atoms with Gasteiger partial charge in [0.25, 0.3) is 0 Å². The first-order valence-electron chi connectivity index (χ1n) is 9.06. The number of aryl methyl sites for hydroxylation is 1. The van der Waals surface area contributed by atoms with E-state index in [4.69, 9.17) is 0 Å². The topological polar surface area (TPSA) is 51.1 Å². The summed E-state index contributed by atoms with van der Waals surface area (Å²) in [5.41, 5.74) is 4.94. The Labute approximate surface area is 151 Å². The molecule has 1 aromatic heterocycles. The molecule has 1 aliphatic rings. The van der Waals surface area contributed by atoms with Crippen LogP contribution in [0.25, 0.3) is 0 Å². The molecule has 25 heavy (non-hydrogen) atoms. The van der Waals surface area contributed by atoms with E-state index in [0.717, 1.165) is 12.0 Å². The number of benzene rings is 1. The zero-order chi connectivity index (χ0) is 18.2. The van der Waals surface area contributed by atoms with Crippen molar-refractivity contribution in [1.29, 1.82) is 0 Å². The molecule has 0 spiro atoms. The van der Waals surface area contributed by atoms with Crippen LogP contribution in [0.2, 0.25) is 0 Å². The molecule has 0 aliphatic heterocycles. The average Bonchev–Trinajstić information content (AvgIpc) is 3.34. The van der Waals surface area contributed by atoms with Crippen molar-refractivity contribution in [3.05, 3.63) is 52.8 Å². The third kappa shape index (κ3) is 3.98. The number of nitrogens with zero attached hydrogens (tertiary/aromatic N) is 1. The third-order valence-electron chi connectivity index (χ3n) is 5.04. The quantitative estimate of drug-likeness (QED) is 0.809. The molecule has 1 N–H and O–H groups in total. The van der Waals surface area contributed by atoms with Gasteiger partial charge in [0.15, 0.2) is 0 Å². The Morgan fingerprint density at radius 1 is 1.16 bits per heavy atom. The van der Waals surface area contributed by atoms with Crippen molar-refractivity contribution in [1.82, 2.24) is 9.29 Å². The molecular formula is C20H28N2O2S. The number of hydrogen-bond acceptors (Lipinski definition) is 2. The molecule has 1 aromatic carbocycles. The Bertz CT molecular complexity index is 845. The fourth-order valence-corrected chi connectivity index (χ4v) is 4.46. The maximum atomic E-state index is 12.5. The Morgan fingerprint density at radius 3 is 2.36 bits per heavy atom. The van der Waals surface area contributed by atoms with Crippen LogP contribution in [0.5, 0.6) is 0 Å². The molecule has 3 rings (SSSR count). The van der Waals surface area contributed by atoms with Crippen LogP contribution in [0.3, 0.4) is 0 Å². The van der Waals surface area contributed by atoms with Crippen molar-refractivity contribution >= 4 is 10.0 Å². The highest BCUT2D eigenvalue weighted by Gasteiger charge is 2.26. The molecule has 136 valence electrons. The fourth-order valence-electron chi connectivity index (χ4n) is 3.43. The van der Waals surface area contributed by atoms with Gasteiger partial charge in [0.2, 0.25) is 10.0 Å². The largest absolute Gasteiger partial charge is 0.346 e. The standard InChI is InChI=1S/C20H28N2O2S/c1-14(2)17-5-9-20(10-6-17)25(23,24)21-12-11-18-13-15(3)22(16(18)4)19-7-8-19/h5-6,9-10,13-14,19,21H,7-8,11-12H2,1-4H3. The minimum Gasteiger partial charge on any atom is -0.346 e. The highest BCUT2D eigenvalue weighted by Crippen LogP contribution is 2.38. The lowest BCUT2D eigenvalue weighted by molar-refractivity contribution is 0.581. The van der Waals surface area contributed by atoms with Gasteiger partial charge in [-0.1, -0.05) is 26.0 Å². The molecule has 1 heterocycles. The zero-order valence-electron chi connectivity index (χ0n) is 15.5. The summed E-state index contributed by atoms with van der Waals surface area (Å²) in [5, 5.41) is 0. The molecule has 4 nitrogen and oxygen atoms in total. The third-order valence-corrected chi connectivity index (χ3v) is 6.52. The molecule has 0 amide bonds. The SMILES string of the molecule is Cc1cc(CCNS(=O)(=O)c2ccc(C(C)C)cc2)c(C)n1C1CC1. The summed E-state index contributed by atoms with van der Waals surface area (Å²) in [6.07, 6.45) is 3.24. The predicted octanol–water partition coefficient (Wildman–Crippen LogP) is 4.08. The molecule has 0 unspecified atom stereocenters. The van der Waals surface area contributed by atoms with E-state index in [2.05, 4.69) is 43.1 Å². The smallest absolute Gasteiger partial charge is 0.240 e. The van der Waals surface area contributed by atoms with Crippen LogP contribution in [0.4, 0.5) is 0 Å². The average molecular weight is 361 g/mol. The highest BCUT2D eigenvalue weighted by atomic mass is 32.2. The van der Waals surface area contributed by atoms with E-state index in [1.165, 1.54) is 29.8 Å². The highest BCUT2D eigenvalue weighted by molar-refractivity contribution is 7.89. The molecule has 1 aliphatic carbocycles. The Morgan fingerprint density at radius 2 is 1.80 bits per heavy atom. The Hall–Kier alpha value is -1.59. The zero-order valence-corrected chi connectivity index (χ0v) is 16.4. The molecule has 0 saturated heterocycles. The predicted molar refractivity (Wildman–Crippen MR) is 102 cm³/mol. The summed E-state index contributed by atoms with van der Waals surface area (Å²) in [7, 11) is -3.45. The van der Waals surface area contributed by atoms with Crippen LogP contribution in [0, 0.1) is 13.8 Å². The van der Waals surface area contributed by atoms with Crippen LogP contribution in [0.15, 0.2) is 35.2 Å². The second-order valence-electron chi connectivity index (χ2n) is 7.37. The van der Waals surface area contributed by atoms with Crippen LogP contribution < -0.4 is 4.72 Å². The molecule has 2 aromatic rings. The lowest BCUT2D eigenvalue weighted by Crippen LogP contribution is -2.26. The Balaban J connectivity index is 1.64. The molecule has 0 atom stereocenters. The summed E-state index contributed by atoms with van der Waals surface area (Å²) in [4.78, 5) is 0.334. The number of nitrogens with one attached hydrogen (secondary N) is 1. The van der Waals surface area contributed by atoms with Gasteiger partial charge >= 0.3 is 0 Å². The van der Waals surface area contributed by atoms with E-state index < -0.39 is 10.0 Å². The van der Waals surface area contributed by atoms with E-state index in [1.54, 1.807) is 12.1 Å². The van der Waals surface area contributed by atoms with Gasteiger partial charge in [-0.2, -0.15) is 0 Å². The van der Waals surface area contributed by atoms with Gasteiger partial charge in [0.1, 0.15) is 0 Å². The number of rotatable bonds is 7. The summed E-state index contributed by atoms with van der Waals surface area (Å²) >= 11 is 0. The molecule has 0 radical (unpaired) electrons. The lowest BCUT2D eigenvalue weighted by atomic mass is 10.0. The molecule has 0 bridgehead atoms. The second kappa shape index (κ2) is 6.96. The van der Waals surface area contributed by atoms with Gasteiger partial charge in [-0.15, -0.1) is 0 Å². The molecular weight excluding hydrogens is 332 g/mol. The first-order chi connectivity index (χ1) is 11.8. The Kier molecular flexibility index (Phi) is 5.07. The van der Waals surface area contributed by atoms with Crippen molar-refractivity contribution in [2.75, 3.05) is 6.54 Å². The van der Waals surface area contributed by atoms with Crippen molar-refractivity contribution in [3.63, 3.8) is 0 Å². The van der Waals surface area contributed by atoms with Crippen molar-refractivity contribution in [3.8, 4) is 0 Å². The van der Waals surface area contributed by atoms with Gasteiger partial charge in [-0.25, -0.2) is 13.1 Å². The maximum absolute atomic E-state index is 12.5. The van der Waals surface area contributed by atoms with Crippen molar-refractivity contribution in [2.45, 2.75) is 63.8 Å². The van der Waals surface area contributed by atoms with E-state index in [0.29, 0.717) is 23.4 Å². The van der Waals surface area contributed by atoms with Gasteiger partial charge < -0.3 is 4.57 Å². The van der Waals surface area contributed by atoms with E-state index in [9.17, 15) is 8.42 Å². The normalized spacial score (nSPS) is 15.1. The number of hydrogen-bond donors (Lipinski definition) is 1. The first-order valence-corrected chi connectivity index (χ1v) is 10.5. The minimum atomic E-state index is -3.45. The van der Waals surface area contributed by atoms with Gasteiger partial charge in [0.05, 0.1) is 4.90 Å². The first kappa shape index (κ1) is 18.2. The lowest BCUT2D eigenvalue weighted by Gasteiger charge is -2.10. The fraction of sp³-hybridized carbons (Fsp3) is 0.500. The van der Waals surface area contributed by atoms with Crippen LogP contribution in [-0.4, -0.2) is 19.5 Å². The molecule has 1 saturated carbocycles. The second-order valence-corrected chi connectivity index (χ2v) is 9.14. The monoisotopic (exact) mass is 360 g/mol.